The smallest absolute Gasteiger partial charge is 0.137 e. The molecule has 0 saturated heterocycles. The van der Waals surface area contributed by atoms with Gasteiger partial charge in [-0.1, -0.05) is 18.2 Å². The molecule has 0 aliphatic heterocycles. The highest BCUT2D eigenvalue weighted by molar-refractivity contribution is 5.23. The molecule has 1 aromatic carbocycles. The second-order valence-electron chi connectivity index (χ2n) is 3.95. The molecule has 18 heavy (non-hydrogen) atoms. The third-order valence-corrected chi connectivity index (χ3v) is 2.72. The van der Waals surface area contributed by atoms with Crippen molar-refractivity contribution in [3.05, 3.63) is 60.2 Å². The third kappa shape index (κ3) is 3.05. The van der Waals surface area contributed by atoms with E-state index < -0.39 is 0 Å². The molecule has 0 radical (unpaired) electrons. The molecule has 4 heteroatoms. The predicted octanol–water partition coefficient (Wildman–Crippen LogP) is 2.34. The SMILES string of the molecule is NCC(COc1cccnc1)c1ccccc1F. The number of aromatic nitrogens is 1. The number of nitrogens with two attached hydrogens (primary N) is 1. The quantitative estimate of drug-likeness (QED) is 0.880. The number of halogens is 1. The van der Waals surface area contributed by atoms with Crippen LogP contribution in [0.15, 0.2) is 48.8 Å². The van der Waals surface area contributed by atoms with E-state index in [1.807, 2.05) is 6.07 Å². The predicted molar refractivity (Wildman–Crippen MR) is 67.9 cm³/mol. The molecule has 0 bridgehead atoms. The van der Waals surface area contributed by atoms with Gasteiger partial charge in [0.05, 0.1) is 12.8 Å². The molecular formula is C14H15FN2O. The average molecular weight is 246 g/mol. The lowest BCUT2D eigenvalue weighted by Crippen LogP contribution is -2.20. The van der Waals surface area contributed by atoms with Gasteiger partial charge in [-0.2, -0.15) is 0 Å². The van der Waals surface area contributed by atoms with Crippen molar-refractivity contribution in [3.63, 3.8) is 0 Å². The summed E-state index contributed by atoms with van der Waals surface area (Å²) in [5, 5.41) is 0. The van der Waals surface area contributed by atoms with Crippen LogP contribution in [0.2, 0.25) is 0 Å². The Bertz CT molecular complexity index is 490. The van der Waals surface area contributed by atoms with Gasteiger partial charge in [-0.05, 0) is 23.8 Å². The lowest BCUT2D eigenvalue weighted by atomic mass is 10.00. The Morgan fingerprint density at radius 2 is 2.06 bits per heavy atom. The van der Waals surface area contributed by atoms with Gasteiger partial charge in [0.15, 0.2) is 0 Å². The zero-order chi connectivity index (χ0) is 12.8. The first-order chi connectivity index (χ1) is 8.81. The summed E-state index contributed by atoms with van der Waals surface area (Å²) in [6.07, 6.45) is 3.29. The third-order valence-electron chi connectivity index (χ3n) is 2.72. The molecule has 94 valence electrons. The molecule has 1 unspecified atom stereocenters. The first-order valence-electron chi connectivity index (χ1n) is 5.78. The minimum absolute atomic E-state index is 0.161. The highest BCUT2D eigenvalue weighted by Crippen LogP contribution is 2.19. The summed E-state index contributed by atoms with van der Waals surface area (Å²) < 4.78 is 19.2. The number of pyridine rings is 1. The molecule has 1 aromatic heterocycles. The Hall–Kier alpha value is -1.94. The fraction of sp³-hybridized carbons (Fsp3) is 0.214. The van der Waals surface area contributed by atoms with Crippen molar-refractivity contribution < 1.29 is 9.13 Å². The van der Waals surface area contributed by atoms with Gasteiger partial charge in [-0.15, -0.1) is 0 Å². The van der Waals surface area contributed by atoms with Gasteiger partial charge < -0.3 is 10.5 Å². The Kier molecular flexibility index (Phi) is 4.25. The van der Waals surface area contributed by atoms with Crippen LogP contribution in [0.3, 0.4) is 0 Å². The van der Waals surface area contributed by atoms with E-state index in [0.29, 0.717) is 24.5 Å². The molecule has 0 spiro atoms. The molecule has 3 nitrogen and oxygen atoms in total. The van der Waals surface area contributed by atoms with Crippen LogP contribution in [-0.4, -0.2) is 18.1 Å². The number of rotatable bonds is 5. The van der Waals surface area contributed by atoms with Crippen LogP contribution >= 0.6 is 0 Å². The monoisotopic (exact) mass is 246 g/mol. The number of ether oxygens (including phenoxy) is 1. The Labute approximate surface area is 105 Å². The van der Waals surface area contributed by atoms with E-state index in [2.05, 4.69) is 4.98 Å². The van der Waals surface area contributed by atoms with Gasteiger partial charge in [0.25, 0.3) is 0 Å². The van der Waals surface area contributed by atoms with Gasteiger partial charge in [-0.3, -0.25) is 4.98 Å². The van der Waals surface area contributed by atoms with Crippen molar-refractivity contribution in [1.82, 2.24) is 4.98 Å². The van der Waals surface area contributed by atoms with E-state index in [-0.39, 0.29) is 11.7 Å². The molecule has 0 saturated carbocycles. The van der Waals surface area contributed by atoms with E-state index in [9.17, 15) is 4.39 Å². The number of hydrogen-bond donors (Lipinski definition) is 1. The molecule has 2 rings (SSSR count). The molecular weight excluding hydrogens is 231 g/mol. The molecule has 0 amide bonds. The van der Waals surface area contributed by atoms with Crippen LogP contribution in [0, 0.1) is 5.82 Å². The van der Waals surface area contributed by atoms with E-state index in [1.165, 1.54) is 6.07 Å². The zero-order valence-corrected chi connectivity index (χ0v) is 9.92. The summed E-state index contributed by atoms with van der Waals surface area (Å²) >= 11 is 0. The summed E-state index contributed by atoms with van der Waals surface area (Å²) in [5.41, 5.74) is 6.26. The van der Waals surface area contributed by atoms with Gasteiger partial charge in [0.2, 0.25) is 0 Å². The maximum absolute atomic E-state index is 13.6. The van der Waals surface area contributed by atoms with Crippen molar-refractivity contribution in [2.45, 2.75) is 5.92 Å². The van der Waals surface area contributed by atoms with Crippen LogP contribution in [0.4, 0.5) is 4.39 Å². The fourth-order valence-electron chi connectivity index (χ4n) is 1.72. The van der Waals surface area contributed by atoms with Crippen LogP contribution in [0.5, 0.6) is 5.75 Å². The van der Waals surface area contributed by atoms with Crippen molar-refractivity contribution in [3.8, 4) is 5.75 Å². The number of nitrogens with zero attached hydrogens (tertiary/aromatic N) is 1. The molecule has 1 heterocycles. The van der Waals surface area contributed by atoms with Gasteiger partial charge >= 0.3 is 0 Å². The molecule has 0 aliphatic carbocycles. The molecule has 0 fully saturated rings. The highest BCUT2D eigenvalue weighted by atomic mass is 19.1. The van der Waals surface area contributed by atoms with Crippen molar-refractivity contribution in [2.75, 3.05) is 13.2 Å². The lowest BCUT2D eigenvalue weighted by Gasteiger charge is -2.16. The van der Waals surface area contributed by atoms with Gasteiger partial charge in [0, 0.05) is 18.7 Å². The first-order valence-corrected chi connectivity index (χ1v) is 5.78. The van der Waals surface area contributed by atoms with E-state index in [4.69, 9.17) is 10.5 Å². The summed E-state index contributed by atoms with van der Waals surface area (Å²) in [4.78, 5) is 3.95. The van der Waals surface area contributed by atoms with Crippen LogP contribution in [-0.2, 0) is 0 Å². The maximum Gasteiger partial charge on any atom is 0.137 e. The fourth-order valence-corrected chi connectivity index (χ4v) is 1.72. The lowest BCUT2D eigenvalue weighted by molar-refractivity contribution is 0.286. The average Bonchev–Trinajstić information content (AvgIpc) is 2.42. The highest BCUT2D eigenvalue weighted by Gasteiger charge is 2.14. The van der Waals surface area contributed by atoms with Gasteiger partial charge in [-0.25, -0.2) is 4.39 Å². The van der Waals surface area contributed by atoms with Crippen molar-refractivity contribution >= 4 is 0 Å². The normalized spacial score (nSPS) is 12.1. The number of hydrogen-bond acceptors (Lipinski definition) is 3. The van der Waals surface area contributed by atoms with Gasteiger partial charge in [0.1, 0.15) is 11.6 Å². The Morgan fingerprint density at radius 1 is 1.22 bits per heavy atom. The maximum atomic E-state index is 13.6. The van der Waals surface area contributed by atoms with Crippen LogP contribution < -0.4 is 10.5 Å². The topological polar surface area (TPSA) is 48.1 Å². The molecule has 2 N–H and O–H groups in total. The van der Waals surface area contributed by atoms with Crippen molar-refractivity contribution in [2.24, 2.45) is 5.73 Å². The van der Waals surface area contributed by atoms with E-state index in [1.54, 1.807) is 36.7 Å². The van der Waals surface area contributed by atoms with Crippen LogP contribution in [0.1, 0.15) is 11.5 Å². The summed E-state index contributed by atoms with van der Waals surface area (Å²) in [6.45, 7) is 0.671. The van der Waals surface area contributed by atoms with E-state index in [0.717, 1.165) is 0 Å². The molecule has 0 aliphatic rings. The minimum Gasteiger partial charge on any atom is -0.491 e. The van der Waals surface area contributed by atoms with E-state index >= 15 is 0 Å². The standard InChI is InChI=1S/C14H15FN2O/c15-14-6-2-1-5-13(14)11(8-16)10-18-12-4-3-7-17-9-12/h1-7,9,11H,8,10,16H2. The molecule has 2 aromatic rings. The second-order valence-corrected chi connectivity index (χ2v) is 3.95. The minimum atomic E-state index is -0.247. The molecule has 1 atom stereocenters. The summed E-state index contributed by atoms with van der Waals surface area (Å²) in [7, 11) is 0. The number of benzene rings is 1. The Morgan fingerprint density at radius 3 is 2.72 bits per heavy atom. The second kappa shape index (κ2) is 6.12. The zero-order valence-electron chi connectivity index (χ0n) is 9.92. The summed E-state index contributed by atoms with van der Waals surface area (Å²) in [5.74, 6) is 0.251. The Balaban J connectivity index is 2.04. The van der Waals surface area contributed by atoms with Crippen molar-refractivity contribution in [1.29, 1.82) is 0 Å². The summed E-state index contributed by atoms with van der Waals surface area (Å²) in [6, 6.07) is 10.2. The first kappa shape index (κ1) is 12.5. The largest absolute Gasteiger partial charge is 0.491 e. The van der Waals surface area contributed by atoms with Crippen LogP contribution in [0.25, 0.3) is 0 Å².